The number of carbonyl (C=O) groups excluding carboxylic acids is 1. The summed E-state index contributed by atoms with van der Waals surface area (Å²) in [6.45, 7) is 4.37. The van der Waals surface area contributed by atoms with E-state index in [4.69, 9.17) is 4.74 Å². The Morgan fingerprint density at radius 2 is 2.19 bits per heavy atom. The molecule has 0 radical (unpaired) electrons. The van der Waals surface area contributed by atoms with Gasteiger partial charge in [0.15, 0.2) is 5.82 Å². The number of piperidine rings is 1. The van der Waals surface area contributed by atoms with Crippen molar-refractivity contribution in [1.82, 2.24) is 15.1 Å². The molecule has 2 saturated heterocycles. The highest BCUT2D eigenvalue weighted by atomic mass is 16.5. The van der Waals surface area contributed by atoms with Crippen LogP contribution in [0.5, 0.6) is 0 Å². The van der Waals surface area contributed by atoms with Gasteiger partial charge in [-0.15, -0.1) is 5.10 Å². The van der Waals surface area contributed by atoms with Gasteiger partial charge in [-0.25, -0.2) is 0 Å². The van der Waals surface area contributed by atoms with E-state index in [-0.39, 0.29) is 12.0 Å². The maximum atomic E-state index is 11.7. The average molecular weight is 290 g/mol. The molecule has 2 atom stereocenters. The van der Waals surface area contributed by atoms with Gasteiger partial charge < -0.3 is 9.64 Å². The van der Waals surface area contributed by atoms with E-state index in [0.717, 1.165) is 43.9 Å². The summed E-state index contributed by atoms with van der Waals surface area (Å²) >= 11 is 0. The van der Waals surface area contributed by atoms with Crippen molar-refractivity contribution in [2.75, 3.05) is 31.6 Å². The second kappa shape index (κ2) is 5.97. The zero-order valence-corrected chi connectivity index (χ0v) is 12.7. The van der Waals surface area contributed by atoms with E-state index >= 15 is 0 Å². The fourth-order valence-corrected chi connectivity index (χ4v) is 3.17. The summed E-state index contributed by atoms with van der Waals surface area (Å²) in [7, 11) is 2.03. The number of likely N-dealkylation sites (N-methyl/N-ethyl adjacent to an activating group) is 1. The van der Waals surface area contributed by atoms with Crippen molar-refractivity contribution in [2.45, 2.75) is 38.3 Å². The molecular weight excluding hydrogens is 268 g/mol. The molecule has 6 nitrogen and oxygen atoms in total. The molecule has 1 aromatic rings. The lowest BCUT2D eigenvalue weighted by Gasteiger charge is -2.39. The number of aromatic nitrogens is 2. The van der Waals surface area contributed by atoms with Crippen LogP contribution in [0.4, 0.5) is 5.82 Å². The van der Waals surface area contributed by atoms with Gasteiger partial charge in [0.2, 0.25) is 0 Å². The summed E-state index contributed by atoms with van der Waals surface area (Å²) < 4.78 is 5.09. The summed E-state index contributed by atoms with van der Waals surface area (Å²) in [4.78, 5) is 16.2. The van der Waals surface area contributed by atoms with Crippen LogP contribution in [0.2, 0.25) is 0 Å². The van der Waals surface area contributed by atoms with E-state index in [2.05, 4.69) is 20.0 Å². The summed E-state index contributed by atoms with van der Waals surface area (Å²) in [5, 5.41) is 8.41. The normalized spacial score (nSPS) is 26.2. The van der Waals surface area contributed by atoms with Gasteiger partial charge in [0, 0.05) is 25.6 Å². The molecule has 0 aliphatic carbocycles. The maximum absolute atomic E-state index is 11.7. The Balaban J connectivity index is 1.67. The van der Waals surface area contributed by atoms with Crippen LogP contribution in [0.25, 0.3) is 0 Å². The molecule has 0 amide bonds. The largest absolute Gasteiger partial charge is 0.464 e. The van der Waals surface area contributed by atoms with Crippen LogP contribution >= 0.6 is 0 Å². The van der Waals surface area contributed by atoms with Gasteiger partial charge in [0.25, 0.3) is 0 Å². The molecule has 2 fully saturated rings. The number of cyclic esters (lactones) is 1. The first-order chi connectivity index (χ1) is 10.1. The Kier molecular flexibility index (Phi) is 4.05. The molecule has 3 rings (SSSR count). The van der Waals surface area contributed by atoms with Crippen molar-refractivity contribution in [2.24, 2.45) is 0 Å². The molecule has 0 aromatic carbocycles. The Bertz CT molecular complexity index is 505. The quantitative estimate of drug-likeness (QED) is 0.774. The first kappa shape index (κ1) is 14.3. The Morgan fingerprint density at radius 3 is 2.86 bits per heavy atom. The monoisotopic (exact) mass is 290 g/mol. The van der Waals surface area contributed by atoms with Gasteiger partial charge in [0.1, 0.15) is 6.04 Å². The minimum Gasteiger partial charge on any atom is -0.464 e. The summed E-state index contributed by atoms with van der Waals surface area (Å²) in [6.07, 6.45) is 3.01. The summed E-state index contributed by atoms with van der Waals surface area (Å²) in [6, 6.07) is 4.29. The highest BCUT2D eigenvalue weighted by Gasteiger charge is 2.35. The fourth-order valence-electron chi connectivity index (χ4n) is 3.17. The highest BCUT2D eigenvalue weighted by Crippen LogP contribution is 2.23. The number of nitrogens with zero attached hydrogens (tertiary/aromatic N) is 4. The third kappa shape index (κ3) is 3.00. The molecule has 3 heterocycles. The van der Waals surface area contributed by atoms with Gasteiger partial charge in [-0.3, -0.25) is 9.69 Å². The van der Waals surface area contributed by atoms with Crippen molar-refractivity contribution >= 4 is 11.8 Å². The zero-order chi connectivity index (χ0) is 14.8. The molecular formula is C15H22N4O2. The van der Waals surface area contributed by atoms with E-state index in [9.17, 15) is 4.79 Å². The molecule has 114 valence electrons. The van der Waals surface area contributed by atoms with E-state index < -0.39 is 0 Å². The first-order valence-corrected chi connectivity index (χ1v) is 7.59. The SMILES string of the molecule is Cc1ccc(N2CCC[C@@H](N(C)[C@H]3CCOC3=O)C2)nn1. The van der Waals surface area contributed by atoms with Gasteiger partial charge in [-0.1, -0.05) is 0 Å². The third-order valence-electron chi connectivity index (χ3n) is 4.48. The Hall–Kier alpha value is -1.69. The molecule has 2 aliphatic heterocycles. The number of hydrogen-bond acceptors (Lipinski definition) is 6. The van der Waals surface area contributed by atoms with E-state index in [0.29, 0.717) is 12.6 Å². The number of esters is 1. The lowest BCUT2D eigenvalue weighted by atomic mass is 10.0. The van der Waals surface area contributed by atoms with Crippen molar-refractivity contribution in [3.05, 3.63) is 17.8 Å². The Labute approximate surface area is 125 Å². The van der Waals surface area contributed by atoms with Gasteiger partial charge in [-0.2, -0.15) is 5.10 Å². The minimum atomic E-state index is -0.0842. The molecule has 21 heavy (non-hydrogen) atoms. The van der Waals surface area contributed by atoms with Gasteiger partial charge >= 0.3 is 5.97 Å². The number of ether oxygens (including phenoxy) is 1. The lowest BCUT2D eigenvalue weighted by molar-refractivity contribution is -0.142. The number of carbonyl (C=O) groups is 1. The van der Waals surface area contributed by atoms with Gasteiger partial charge in [0.05, 0.1) is 12.3 Å². The predicted octanol–water partition coefficient (Wildman–Crippen LogP) is 1.00. The number of anilines is 1. The van der Waals surface area contributed by atoms with Crippen molar-refractivity contribution < 1.29 is 9.53 Å². The predicted molar refractivity (Wildman–Crippen MR) is 79.1 cm³/mol. The first-order valence-electron chi connectivity index (χ1n) is 7.59. The molecule has 0 bridgehead atoms. The molecule has 6 heteroatoms. The van der Waals surface area contributed by atoms with E-state index in [1.807, 2.05) is 26.1 Å². The van der Waals surface area contributed by atoms with Crippen molar-refractivity contribution in [3.63, 3.8) is 0 Å². The molecule has 0 N–H and O–H groups in total. The number of rotatable bonds is 3. The number of hydrogen-bond donors (Lipinski definition) is 0. The fraction of sp³-hybridized carbons (Fsp3) is 0.667. The minimum absolute atomic E-state index is 0.0789. The second-order valence-corrected chi connectivity index (χ2v) is 5.91. The van der Waals surface area contributed by atoms with Crippen LogP contribution in [-0.2, 0) is 9.53 Å². The zero-order valence-electron chi connectivity index (χ0n) is 12.7. The molecule has 1 aromatic heterocycles. The second-order valence-electron chi connectivity index (χ2n) is 5.91. The van der Waals surface area contributed by atoms with Crippen LogP contribution in [0.3, 0.4) is 0 Å². The van der Waals surface area contributed by atoms with Crippen LogP contribution in [0, 0.1) is 6.92 Å². The van der Waals surface area contributed by atoms with Crippen LogP contribution in [0.15, 0.2) is 12.1 Å². The highest BCUT2D eigenvalue weighted by molar-refractivity contribution is 5.77. The molecule has 2 aliphatic rings. The smallest absolute Gasteiger partial charge is 0.323 e. The lowest BCUT2D eigenvalue weighted by Crippen LogP contribution is -2.51. The number of aryl methyl sites for hydroxylation is 1. The van der Waals surface area contributed by atoms with Gasteiger partial charge in [-0.05, 0) is 38.9 Å². The maximum Gasteiger partial charge on any atom is 0.323 e. The molecule has 0 unspecified atom stereocenters. The standard InChI is InChI=1S/C15H22N4O2/c1-11-5-6-14(17-16-11)19-8-3-4-12(10-19)18(2)13-7-9-21-15(13)20/h5-6,12-13H,3-4,7-10H2,1-2H3/t12-,13+/m1/s1. The van der Waals surface area contributed by atoms with Crippen LogP contribution < -0.4 is 4.90 Å². The van der Waals surface area contributed by atoms with E-state index in [1.54, 1.807) is 0 Å². The van der Waals surface area contributed by atoms with Crippen molar-refractivity contribution in [1.29, 1.82) is 0 Å². The third-order valence-corrected chi connectivity index (χ3v) is 4.48. The van der Waals surface area contributed by atoms with E-state index in [1.165, 1.54) is 0 Å². The Morgan fingerprint density at radius 1 is 1.33 bits per heavy atom. The summed E-state index contributed by atoms with van der Waals surface area (Å²) in [5.74, 6) is 0.845. The molecule has 0 saturated carbocycles. The van der Waals surface area contributed by atoms with Crippen LogP contribution in [-0.4, -0.2) is 59.9 Å². The summed E-state index contributed by atoms with van der Waals surface area (Å²) in [5.41, 5.74) is 0.929. The molecule has 0 spiro atoms. The average Bonchev–Trinajstić information content (AvgIpc) is 2.93. The van der Waals surface area contributed by atoms with Crippen molar-refractivity contribution in [3.8, 4) is 0 Å². The van der Waals surface area contributed by atoms with Crippen LogP contribution in [0.1, 0.15) is 25.0 Å². The topological polar surface area (TPSA) is 58.6 Å².